The number of aromatic nitrogens is 1. The third-order valence-electron chi connectivity index (χ3n) is 4.88. The first-order valence-electron chi connectivity index (χ1n) is 7.95. The quantitative estimate of drug-likeness (QED) is 0.714. The van der Waals surface area contributed by atoms with E-state index in [1.165, 1.54) is 17.0 Å². The van der Waals surface area contributed by atoms with Crippen molar-refractivity contribution in [1.29, 1.82) is 0 Å². The van der Waals surface area contributed by atoms with Crippen LogP contribution in [0.1, 0.15) is 81.7 Å². The lowest BCUT2D eigenvalue weighted by Gasteiger charge is -2.27. The predicted octanol–water partition coefficient (Wildman–Crippen LogP) is 5.49. The van der Waals surface area contributed by atoms with Gasteiger partial charge in [0.25, 0.3) is 0 Å². The minimum absolute atomic E-state index is 0.559. The zero-order valence-electron chi connectivity index (χ0n) is 14.0. The number of hydrogen-bond donors (Lipinski definition) is 0. The van der Waals surface area contributed by atoms with Gasteiger partial charge in [0.15, 0.2) is 0 Å². The topological polar surface area (TPSA) is 12.9 Å². The van der Waals surface area contributed by atoms with Crippen molar-refractivity contribution < 1.29 is 0 Å². The molecule has 112 valence electrons. The summed E-state index contributed by atoms with van der Waals surface area (Å²) in [5, 5.41) is 0.681. The maximum atomic E-state index is 4.72. The summed E-state index contributed by atoms with van der Waals surface area (Å²) in [6.07, 6.45) is 2.14. The van der Waals surface area contributed by atoms with Gasteiger partial charge >= 0.3 is 0 Å². The SMILES string of the molecule is Cc1ncc(C(C)C)c2c1[C@@H](C)[C@@H](C)SCC2C(C)C. The van der Waals surface area contributed by atoms with E-state index in [2.05, 4.69) is 66.4 Å². The van der Waals surface area contributed by atoms with E-state index in [9.17, 15) is 0 Å². The average Bonchev–Trinajstić information content (AvgIpc) is 2.49. The Labute approximate surface area is 129 Å². The molecule has 1 aromatic heterocycles. The summed E-state index contributed by atoms with van der Waals surface area (Å²) in [5.41, 5.74) is 5.90. The van der Waals surface area contributed by atoms with Gasteiger partial charge in [0.1, 0.15) is 0 Å². The molecule has 2 rings (SSSR count). The van der Waals surface area contributed by atoms with Crippen molar-refractivity contribution in [2.75, 3.05) is 5.75 Å². The van der Waals surface area contributed by atoms with Crippen LogP contribution in [0, 0.1) is 12.8 Å². The Kier molecular flexibility index (Phi) is 4.84. The van der Waals surface area contributed by atoms with Crippen LogP contribution >= 0.6 is 11.8 Å². The highest BCUT2D eigenvalue weighted by atomic mass is 32.2. The third-order valence-corrected chi connectivity index (χ3v) is 6.37. The van der Waals surface area contributed by atoms with Crippen LogP contribution in [0.4, 0.5) is 0 Å². The summed E-state index contributed by atoms with van der Waals surface area (Å²) in [4.78, 5) is 4.72. The highest BCUT2D eigenvalue weighted by Crippen LogP contribution is 2.45. The van der Waals surface area contributed by atoms with Crippen molar-refractivity contribution in [3.63, 3.8) is 0 Å². The number of aryl methyl sites for hydroxylation is 1. The lowest BCUT2D eigenvalue weighted by Crippen LogP contribution is -2.16. The van der Waals surface area contributed by atoms with Gasteiger partial charge in [-0.05, 0) is 47.3 Å². The van der Waals surface area contributed by atoms with Crippen molar-refractivity contribution in [2.24, 2.45) is 5.92 Å². The molecule has 2 heterocycles. The van der Waals surface area contributed by atoms with Crippen LogP contribution in [0.25, 0.3) is 0 Å². The van der Waals surface area contributed by atoms with E-state index in [1.54, 1.807) is 11.1 Å². The molecule has 1 aromatic rings. The van der Waals surface area contributed by atoms with Crippen LogP contribution in [-0.4, -0.2) is 16.0 Å². The summed E-state index contributed by atoms with van der Waals surface area (Å²) >= 11 is 2.14. The van der Waals surface area contributed by atoms with Crippen molar-refractivity contribution in [3.05, 3.63) is 28.6 Å². The van der Waals surface area contributed by atoms with Crippen molar-refractivity contribution >= 4 is 11.8 Å². The van der Waals surface area contributed by atoms with E-state index in [-0.39, 0.29) is 0 Å². The Hall–Kier alpha value is -0.500. The Morgan fingerprint density at radius 2 is 1.80 bits per heavy atom. The fourth-order valence-corrected chi connectivity index (χ4v) is 4.84. The fourth-order valence-electron chi connectivity index (χ4n) is 3.35. The maximum absolute atomic E-state index is 4.72. The number of hydrogen-bond acceptors (Lipinski definition) is 2. The Morgan fingerprint density at radius 3 is 2.35 bits per heavy atom. The molecule has 1 unspecified atom stereocenters. The van der Waals surface area contributed by atoms with E-state index in [1.807, 2.05) is 0 Å². The first-order valence-corrected chi connectivity index (χ1v) is 9.00. The number of rotatable bonds is 2. The molecule has 20 heavy (non-hydrogen) atoms. The summed E-state index contributed by atoms with van der Waals surface area (Å²) in [5.74, 6) is 3.77. The van der Waals surface area contributed by atoms with Crippen LogP contribution in [0.5, 0.6) is 0 Å². The molecular formula is C18H29NS. The summed E-state index contributed by atoms with van der Waals surface area (Å²) < 4.78 is 0. The molecule has 0 bridgehead atoms. The van der Waals surface area contributed by atoms with Crippen LogP contribution in [-0.2, 0) is 0 Å². The van der Waals surface area contributed by atoms with Gasteiger partial charge < -0.3 is 0 Å². The standard InChI is InChI=1S/C18H29NS/c1-10(2)15-8-19-13(6)17-12(5)14(7)20-9-16(11(3)4)18(15)17/h8,10-12,14,16H,9H2,1-7H3/t12-,14+,16?/m0/s1. The van der Waals surface area contributed by atoms with Gasteiger partial charge in [-0.2, -0.15) is 11.8 Å². The second-order valence-corrected chi connectivity index (χ2v) is 8.37. The monoisotopic (exact) mass is 291 g/mol. The van der Waals surface area contributed by atoms with Crippen LogP contribution in [0.2, 0.25) is 0 Å². The van der Waals surface area contributed by atoms with Crippen molar-refractivity contribution in [1.82, 2.24) is 4.98 Å². The van der Waals surface area contributed by atoms with Crippen LogP contribution in [0.15, 0.2) is 6.20 Å². The van der Waals surface area contributed by atoms with Gasteiger partial charge in [-0.3, -0.25) is 4.98 Å². The lowest BCUT2D eigenvalue weighted by molar-refractivity contribution is 0.530. The van der Waals surface area contributed by atoms with Gasteiger partial charge in [0.05, 0.1) is 0 Å². The molecule has 0 aromatic carbocycles. The number of thioether (sulfide) groups is 1. The molecule has 3 atom stereocenters. The van der Waals surface area contributed by atoms with E-state index in [0.717, 1.165) is 0 Å². The predicted molar refractivity (Wildman–Crippen MR) is 91.0 cm³/mol. The molecule has 1 nitrogen and oxygen atoms in total. The average molecular weight is 292 g/mol. The zero-order valence-corrected chi connectivity index (χ0v) is 14.8. The van der Waals surface area contributed by atoms with E-state index in [0.29, 0.717) is 28.9 Å². The normalized spacial score (nSPS) is 26.8. The Bertz CT molecular complexity index is 479. The molecule has 0 fully saturated rings. The fraction of sp³-hybridized carbons (Fsp3) is 0.722. The molecule has 0 saturated carbocycles. The van der Waals surface area contributed by atoms with E-state index < -0.39 is 0 Å². The molecule has 0 amide bonds. The molecule has 0 saturated heterocycles. The van der Waals surface area contributed by atoms with Gasteiger partial charge in [0.2, 0.25) is 0 Å². The van der Waals surface area contributed by atoms with Gasteiger partial charge in [-0.1, -0.05) is 41.5 Å². The van der Waals surface area contributed by atoms with Crippen molar-refractivity contribution in [3.8, 4) is 0 Å². The number of pyridine rings is 1. The first kappa shape index (κ1) is 15.9. The van der Waals surface area contributed by atoms with Crippen LogP contribution in [0.3, 0.4) is 0 Å². The summed E-state index contributed by atoms with van der Waals surface area (Å²) in [6, 6.07) is 0. The number of fused-ring (bicyclic) bond motifs is 1. The minimum Gasteiger partial charge on any atom is -0.261 e. The molecule has 0 N–H and O–H groups in total. The molecule has 1 aliphatic rings. The summed E-state index contributed by atoms with van der Waals surface area (Å²) in [6.45, 7) is 16.3. The van der Waals surface area contributed by atoms with E-state index in [4.69, 9.17) is 4.98 Å². The molecule has 2 heteroatoms. The van der Waals surface area contributed by atoms with Gasteiger partial charge in [0, 0.05) is 22.9 Å². The van der Waals surface area contributed by atoms with Crippen LogP contribution < -0.4 is 0 Å². The van der Waals surface area contributed by atoms with Crippen molar-refractivity contribution in [2.45, 2.75) is 71.5 Å². The third kappa shape index (κ3) is 2.77. The zero-order chi connectivity index (χ0) is 15.0. The molecule has 1 aliphatic heterocycles. The smallest absolute Gasteiger partial charge is 0.0410 e. The molecular weight excluding hydrogens is 262 g/mol. The molecule has 0 spiro atoms. The van der Waals surface area contributed by atoms with Gasteiger partial charge in [-0.25, -0.2) is 0 Å². The largest absolute Gasteiger partial charge is 0.261 e. The highest BCUT2D eigenvalue weighted by molar-refractivity contribution is 7.99. The maximum Gasteiger partial charge on any atom is 0.0410 e. The minimum atomic E-state index is 0.559. The Balaban J connectivity index is 2.71. The first-order chi connectivity index (χ1) is 9.34. The Morgan fingerprint density at radius 1 is 1.15 bits per heavy atom. The van der Waals surface area contributed by atoms with Gasteiger partial charge in [-0.15, -0.1) is 0 Å². The lowest BCUT2D eigenvalue weighted by atomic mass is 9.78. The molecule has 0 radical (unpaired) electrons. The second-order valence-electron chi connectivity index (χ2n) is 6.96. The van der Waals surface area contributed by atoms with E-state index >= 15 is 0 Å². The highest BCUT2D eigenvalue weighted by Gasteiger charge is 2.32. The number of nitrogens with zero attached hydrogens (tertiary/aromatic N) is 1. The molecule has 0 aliphatic carbocycles. The second kappa shape index (κ2) is 6.09. The summed E-state index contributed by atoms with van der Waals surface area (Å²) in [7, 11) is 0.